The molecule has 12 aromatic carbocycles. The average molecular weight is 1730 g/mol. The van der Waals surface area contributed by atoms with Crippen LogP contribution in [0.1, 0.15) is 413 Å². The number of pyridine rings is 1. The van der Waals surface area contributed by atoms with Gasteiger partial charge in [0.05, 0.1) is 5.52 Å². The third kappa shape index (κ3) is 23.4. The highest BCUT2D eigenvalue weighted by Gasteiger charge is 2.38. The lowest BCUT2D eigenvalue weighted by Gasteiger charge is -2.36. The summed E-state index contributed by atoms with van der Waals surface area (Å²) in [7, 11) is 0. The molecule has 3 heteroatoms. The van der Waals surface area contributed by atoms with Crippen LogP contribution in [0.5, 0.6) is 0 Å². The van der Waals surface area contributed by atoms with Gasteiger partial charge in [-0.05, 0) is 356 Å². The van der Waals surface area contributed by atoms with Gasteiger partial charge in [-0.3, -0.25) is 4.98 Å². The lowest BCUT2D eigenvalue weighted by molar-refractivity contribution is -0.0381. The number of benzene rings is 12. The SMILES string of the molecule is Cc1c(C(C)(C)C)cc(C2CCC(C)(C)CC2)c2ccccc12.Cc1c(C(C)(C)C)cc(C2CCC(F)(F)CC2)c2ccccc12.Cc1c(C(C)(C)C)cc(C2CCCCC2)c2ccccc12.Cc1c(C(C)(C)C)ccc2cc3cc(C(C)(C)C)ccc3cc12.Cc1c(C(C)(C)C)ccc2nc(C(C)(C)C)ccc12.Cc1ccc2cc(C3CCCC3)ccc2c1C(C)(C)C. The first-order valence-corrected chi connectivity index (χ1v) is 49.9. The Morgan fingerprint density at radius 1 is 0.271 bits per heavy atom. The van der Waals surface area contributed by atoms with Crippen molar-refractivity contribution in [2.75, 3.05) is 0 Å². The van der Waals surface area contributed by atoms with Crippen LogP contribution in [-0.2, 0) is 43.3 Å². The summed E-state index contributed by atoms with van der Waals surface area (Å²) in [6.45, 7) is 73.1. The Kier molecular flexibility index (Phi) is 29.8. The zero-order valence-electron chi connectivity index (χ0n) is 86.4. The number of rotatable bonds is 4. The van der Waals surface area contributed by atoms with Crippen molar-refractivity contribution in [3.05, 3.63) is 288 Å². The Hall–Kier alpha value is -8.53. The van der Waals surface area contributed by atoms with Crippen LogP contribution >= 0.6 is 0 Å². The third-order valence-electron chi connectivity index (χ3n) is 29.9. The molecule has 1 heterocycles. The summed E-state index contributed by atoms with van der Waals surface area (Å²) < 4.78 is 27.1. The summed E-state index contributed by atoms with van der Waals surface area (Å²) in [5, 5.41) is 18.0. The Morgan fingerprint density at radius 3 is 1.08 bits per heavy atom. The fourth-order valence-corrected chi connectivity index (χ4v) is 22.5. The Balaban J connectivity index is 0.000000140. The van der Waals surface area contributed by atoms with Gasteiger partial charge < -0.3 is 0 Å². The summed E-state index contributed by atoms with van der Waals surface area (Å²) in [6.07, 6.45) is 19.1. The Bertz CT molecular complexity index is 5990. The fourth-order valence-electron chi connectivity index (χ4n) is 22.5. The molecule has 4 fully saturated rings. The number of aromatic nitrogens is 1. The minimum absolute atomic E-state index is 0.0186. The first kappa shape index (κ1) is 99.5. The van der Waals surface area contributed by atoms with E-state index >= 15 is 0 Å². The van der Waals surface area contributed by atoms with Crippen molar-refractivity contribution in [2.45, 2.75) is 404 Å². The number of fused-ring (bicyclic) bond motifs is 7. The van der Waals surface area contributed by atoms with E-state index in [1.165, 1.54) is 231 Å². The van der Waals surface area contributed by atoms with E-state index in [-0.39, 0.29) is 62.1 Å². The number of hydrogen-bond donors (Lipinski definition) is 0. The maximum atomic E-state index is 13.5. The molecule has 129 heavy (non-hydrogen) atoms. The molecule has 4 aliphatic rings. The first-order chi connectivity index (χ1) is 60.0. The zero-order chi connectivity index (χ0) is 94.4. The molecule has 4 aliphatic carbocycles. The van der Waals surface area contributed by atoms with Crippen LogP contribution < -0.4 is 0 Å². The molecule has 0 spiro atoms. The summed E-state index contributed by atoms with van der Waals surface area (Å²) in [6, 6.07) is 70.7. The van der Waals surface area contributed by atoms with Crippen LogP contribution in [0.25, 0.3) is 75.5 Å². The van der Waals surface area contributed by atoms with E-state index in [1.54, 1.807) is 16.7 Å². The number of alkyl halides is 2. The predicted octanol–water partition coefficient (Wildman–Crippen LogP) is 38.5. The monoisotopic (exact) mass is 1730 g/mol. The predicted molar refractivity (Wildman–Crippen MR) is 565 cm³/mol. The summed E-state index contributed by atoms with van der Waals surface area (Å²) in [5.41, 5.74) is 28.8. The van der Waals surface area contributed by atoms with Crippen LogP contribution in [0, 0.1) is 47.0 Å². The second-order valence-electron chi connectivity index (χ2n) is 49.0. The molecule has 0 N–H and O–H groups in total. The van der Waals surface area contributed by atoms with E-state index in [0.717, 1.165) is 29.0 Å². The van der Waals surface area contributed by atoms with Crippen LogP contribution in [0.4, 0.5) is 8.78 Å². The summed E-state index contributed by atoms with van der Waals surface area (Å²) in [5.74, 6) is 0.0872. The average Bonchev–Trinajstić information content (AvgIpc) is 0.862. The van der Waals surface area contributed by atoms with Gasteiger partial charge in [0.15, 0.2) is 0 Å². The highest BCUT2D eigenvalue weighted by molar-refractivity contribution is 6.01. The minimum Gasteiger partial charge on any atom is -0.252 e. The molecule has 1 aromatic heterocycles. The molecular formula is C126H165F2N. The minimum atomic E-state index is -2.47. The van der Waals surface area contributed by atoms with Crippen molar-refractivity contribution >= 4 is 75.5 Å². The van der Waals surface area contributed by atoms with Gasteiger partial charge >= 0.3 is 0 Å². The van der Waals surface area contributed by atoms with Crippen LogP contribution in [0.2, 0.25) is 0 Å². The van der Waals surface area contributed by atoms with Gasteiger partial charge in [0.2, 0.25) is 5.92 Å². The fraction of sp³-hybridized carbons (Fsp3) is 0.500. The van der Waals surface area contributed by atoms with Crippen molar-refractivity contribution in [2.24, 2.45) is 5.41 Å². The molecule has 13 aromatic rings. The molecule has 0 atom stereocenters. The largest absolute Gasteiger partial charge is 0.252 e. The lowest BCUT2D eigenvalue weighted by atomic mass is 9.69. The molecule has 688 valence electrons. The standard InChI is InChI=1S/C23H28.C23H32.C21H26F2.C21H28.C20H26.C18H25N/c1-15-20-14-16-8-10-19(22(2,3)4)13-18(16)12-17(20)9-11-21(15)23(5,6)7;1-16-18-9-7-8-10-19(18)20(15-21(16)22(2,3)4)17-11-13-23(5,6)14-12-17;1-14-16-7-5-6-8-17(16)18(13-19(14)20(2,3)4)15-9-11-21(22,23)12-10-15;1-15-17-12-8-9-13-18(17)19(14-20(15)21(2,3)4)16-10-6-5-7-11-16;1-14-9-10-17-13-16(15-7-5-6-8-15)11-12-18(17)19(14)20(2,3)4;1-12-13-8-11-16(18(5,6)7)19-15(13)10-9-14(12)17(2,3)4/h8-14H,1-7H3;7-10,15,17H,11-14H2,1-6H3;5-8,13,15H,9-12H2,1-4H3;8-9,12-14,16H,5-7,10-11H2,1-4H3;9-13,15H,5-8H2,1-4H3;8-11H,1-7H3. The van der Waals surface area contributed by atoms with Gasteiger partial charge in [-0.2, -0.15) is 0 Å². The zero-order valence-corrected chi connectivity index (χ0v) is 86.4. The quantitative estimate of drug-likeness (QED) is 0.160. The summed E-state index contributed by atoms with van der Waals surface area (Å²) in [4.78, 5) is 4.83. The molecule has 0 unspecified atom stereocenters. The summed E-state index contributed by atoms with van der Waals surface area (Å²) >= 11 is 0. The molecule has 0 aliphatic heterocycles. The van der Waals surface area contributed by atoms with Gasteiger partial charge in [0, 0.05) is 29.3 Å². The third-order valence-corrected chi connectivity index (χ3v) is 29.9. The maximum absolute atomic E-state index is 13.5. The van der Waals surface area contributed by atoms with Crippen molar-refractivity contribution < 1.29 is 8.78 Å². The topological polar surface area (TPSA) is 12.9 Å². The van der Waals surface area contributed by atoms with Crippen LogP contribution in [-0.4, -0.2) is 10.9 Å². The second-order valence-corrected chi connectivity index (χ2v) is 49.0. The van der Waals surface area contributed by atoms with E-state index in [0.29, 0.717) is 18.3 Å². The number of hydrogen-bond acceptors (Lipinski definition) is 1. The van der Waals surface area contributed by atoms with E-state index in [2.05, 4.69) is 410 Å². The van der Waals surface area contributed by atoms with E-state index < -0.39 is 5.92 Å². The number of halogens is 2. The van der Waals surface area contributed by atoms with Gasteiger partial charge in [0.25, 0.3) is 0 Å². The highest BCUT2D eigenvalue weighted by Crippen LogP contribution is 2.50. The molecule has 0 amide bonds. The molecule has 0 radical (unpaired) electrons. The normalized spacial score (nSPS) is 16.5. The second kappa shape index (κ2) is 38.6. The molecule has 17 rings (SSSR count). The Labute approximate surface area is 781 Å². The Morgan fingerprint density at radius 2 is 0.643 bits per heavy atom. The molecular weight excluding hydrogens is 1570 g/mol. The van der Waals surface area contributed by atoms with Crippen LogP contribution in [0.3, 0.4) is 0 Å². The molecule has 0 saturated heterocycles. The first-order valence-electron chi connectivity index (χ1n) is 49.9. The number of aryl methyl sites for hydroxylation is 6. The molecule has 4 saturated carbocycles. The van der Waals surface area contributed by atoms with Gasteiger partial charge in [-0.1, -0.05) is 376 Å². The van der Waals surface area contributed by atoms with Crippen molar-refractivity contribution in [3.63, 3.8) is 0 Å². The van der Waals surface area contributed by atoms with Gasteiger partial charge in [-0.25, -0.2) is 8.78 Å². The van der Waals surface area contributed by atoms with Gasteiger partial charge in [0.1, 0.15) is 0 Å². The van der Waals surface area contributed by atoms with Crippen molar-refractivity contribution in [3.8, 4) is 0 Å². The van der Waals surface area contributed by atoms with E-state index in [4.69, 9.17) is 4.98 Å². The van der Waals surface area contributed by atoms with E-state index in [1.807, 2.05) is 0 Å². The maximum Gasteiger partial charge on any atom is 0.248 e. The number of nitrogens with zero attached hydrogens (tertiary/aromatic N) is 1. The lowest BCUT2D eigenvalue weighted by Crippen LogP contribution is -2.24. The molecule has 0 bridgehead atoms. The van der Waals surface area contributed by atoms with Crippen molar-refractivity contribution in [1.29, 1.82) is 0 Å². The van der Waals surface area contributed by atoms with Crippen molar-refractivity contribution in [1.82, 2.24) is 4.98 Å². The molecule has 1 nitrogen and oxygen atoms in total. The van der Waals surface area contributed by atoms with Crippen LogP contribution in [0.15, 0.2) is 188 Å². The highest BCUT2D eigenvalue weighted by atomic mass is 19.3. The smallest absolute Gasteiger partial charge is 0.248 e. The van der Waals surface area contributed by atoms with E-state index in [9.17, 15) is 8.78 Å². The van der Waals surface area contributed by atoms with Gasteiger partial charge in [-0.15, -0.1) is 0 Å².